The van der Waals surface area contributed by atoms with Gasteiger partial charge in [-0.1, -0.05) is 26.1 Å². The molecule has 2 heterocycles. The first-order chi connectivity index (χ1) is 9.30. The molecular weight excluding hydrogens is 286 g/mol. The Labute approximate surface area is 131 Å². The van der Waals surface area contributed by atoms with Gasteiger partial charge in [0.25, 0.3) is 0 Å². The quantitative estimate of drug-likeness (QED) is 0.851. The van der Waals surface area contributed by atoms with Crippen LogP contribution in [0, 0.1) is 13.8 Å². The average molecular weight is 310 g/mol. The Kier molecular flexibility index (Phi) is 4.59. The van der Waals surface area contributed by atoms with Crippen molar-refractivity contribution in [3.8, 4) is 0 Å². The van der Waals surface area contributed by atoms with E-state index in [1.807, 2.05) is 18.7 Å². The van der Waals surface area contributed by atoms with Crippen molar-refractivity contribution in [2.24, 2.45) is 5.73 Å². The zero-order valence-electron chi connectivity index (χ0n) is 12.7. The Morgan fingerprint density at radius 1 is 1.40 bits per heavy atom. The summed E-state index contributed by atoms with van der Waals surface area (Å²) in [6, 6.07) is 2.05. The number of nitrogens with zero attached hydrogens (tertiary/aromatic N) is 2. The van der Waals surface area contributed by atoms with E-state index in [-0.39, 0.29) is 0 Å². The van der Waals surface area contributed by atoms with Crippen LogP contribution in [0.3, 0.4) is 0 Å². The lowest BCUT2D eigenvalue weighted by Crippen LogP contribution is -2.31. The number of thiocarbonyl (C=S) groups is 1. The molecular formula is C15H23N3S2. The Balaban J connectivity index is 2.39. The number of aryl methyl sites for hydroxylation is 2. The van der Waals surface area contributed by atoms with E-state index in [0.717, 1.165) is 47.9 Å². The number of anilines is 1. The van der Waals surface area contributed by atoms with E-state index in [1.165, 1.54) is 0 Å². The third-order valence-corrected chi connectivity index (χ3v) is 5.29. The van der Waals surface area contributed by atoms with Crippen LogP contribution in [0.1, 0.15) is 37.1 Å². The van der Waals surface area contributed by atoms with E-state index in [0.29, 0.717) is 9.74 Å². The first-order valence-electron chi connectivity index (χ1n) is 6.97. The molecule has 0 atom stereocenters. The van der Waals surface area contributed by atoms with Crippen LogP contribution in [0.15, 0.2) is 6.07 Å². The molecule has 110 valence electrons. The van der Waals surface area contributed by atoms with Crippen molar-refractivity contribution in [1.82, 2.24) is 4.98 Å². The average Bonchev–Trinajstić information content (AvgIpc) is 2.48. The van der Waals surface area contributed by atoms with Gasteiger partial charge in [0.05, 0.1) is 5.56 Å². The molecule has 3 nitrogen and oxygen atoms in total. The fraction of sp³-hybridized carbons (Fsp3) is 0.600. The number of aromatic nitrogens is 1. The van der Waals surface area contributed by atoms with Crippen LogP contribution in [0.4, 0.5) is 5.82 Å². The molecule has 0 radical (unpaired) electrons. The summed E-state index contributed by atoms with van der Waals surface area (Å²) < 4.78 is 0.330. The predicted molar refractivity (Wildman–Crippen MR) is 93.0 cm³/mol. The van der Waals surface area contributed by atoms with Gasteiger partial charge in [-0.2, -0.15) is 11.8 Å². The second-order valence-electron chi connectivity index (χ2n) is 5.99. The minimum absolute atomic E-state index is 0.330. The van der Waals surface area contributed by atoms with Gasteiger partial charge in [-0.15, -0.1) is 0 Å². The molecule has 0 saturated carbocycles. The molecule has 1 aromatic rings. The van der Waals surface area contributed by atoms with Crippen LogP contribution < -0.4 is 10.6 Å². The molecule has 2 N–H and O–H groups in total. The molecule has 1 fully saturated rings. The normalized spacial score (nSPS) is 18.7. The SMILES string of the molecule is Cc1cc(C)c(C(N)=S)c(N2CCSC(C)(C)CC2)n1. The van der Waals surface area contributed by atoms with Crippen LogP contribution >= 0.6 is 24.0 Å². The minimum Gasteiger partial charge on any atom is -0.389 e. The van der Waals surface area contributed by atoms with E-state index in [9.17, 15) is 0 Å². The molecule has 0 bridgehead atoms. The van der Waals surface area contributed by atoms with Crippen molar-refractivity contribution >= 4 is 34.8 Å². The van der Waals surface area contributed by atoms with Gasteiger partial charge in [-0.05, 0) is 31.9 Å². The number of hydrogen-bond donors (Lipinski definition) is 1. The van der Waals surface area contributed by atoms with E-state index < -0.39 is 0 Å². The summed E-state index contributed by atoms with van der Waals surface area (Å²) in [5, 5.41) is 0. The second-order valence-corrected chi connectivity index (χ2v) is 8.23. The number of rotatable bonds is 2. The Morgan fingerprint density at radius 3 is 2.75 bits per heavy atom. The smallest absolute Gasteiger partial charge is 0.139 e. The van der Waals surface area contributed by atoms with Crippen molar-refractivity contribution in [2.75, 3.05) is 23.7 Å². The monoisotopic (exact) mass is 309 g/mol. The lowest BCUT2D eigenvalue weighted by molar-refractivity contribution is 0.634. The topological polar surface area (TPSA) is 42.1 Å². The molecule has 0 unspecified atom stereocenters. The highest BCUT2D eigenvalue weighted by molar-refractivity contribution is 8.00. The van der Waals surface area contributed by atoms with Crippen molar-refractivity contribution in [3.05, 3.63) is 22.9 Å². The van der Waals surface area contributed by atoms with E-state index >= 15 is 0 Å². The molecule has 1 aliphatic heterocycles. The molecule has 1 saturated heterocycles. The Hall–Kier alpha value is -0.810. The summed E-state index contributed by atoms with van der Waals surface area (Å²) >= 11 is 7.26. The van der Waals surface area contributed by atoms with Gasteiger partial charge in [-0.25, -0.2) is 4.98 Å². The van der Waals surface area contributed by atoms with Gasteiger partial charge >= 0.3 is 0 Å². The maximum atomic E-state index is 5.92. The lowest BCUT2D eigenvalue weighted by atomic mass is 10.1. The number of thioether (sulfide) groups is 1. The van der Waals surface area contributed by atoms with Crippen molar-refractivity contribution in [2.45, 2.75) is 38.9 Å². The number of nitrogens with two attached hydrogens (primary N) is 1. The summed E-state index contributed by atoms with van der Waals surface area (Å²) in [4.78, 5) is 7.51. The van der Waals surface area contributed by atoms with Gasteiger partial charge in [0.15, 0.2) is 0 Å². The van der Waals surface area contributed by atoms with E-state index in [4.69, 9.17) is 22.9 Å². The van der Waals surface area contributed by atoms with Gasteiger partial charge in [-0.3, -0.25) is 0 Å². The minimum atomic E-state index is 0.330. The van der Waals surface area contributed by atoms with Crippen LogP contribution in [0.25, 0.3) is 0 Å². The first kappa shape index (κ1) is 15.6. The molecule has 1 aromatic heterocycles. The highest BCUT2D eigenvalue weighted by Crippen LogP contribution is 2.33. The summed E-state index contributed by atoms with van der Waals surface area (Å²) in [6.07, 6.45) is 1.14. The van der Waals surface area contributed by atoms with Crippen molar-refractivity contribution in [1.29, 1.82) is 0 Å². The fourth-order valence-electron chi connectivity index (χ4n) is 2.58. The summed E-state index contributed by atoms with van der Waals surface area (Å²) in [5.74, 6) is 2.08. The summed E-state index contributed by atoms with van der Waals surface area (Å²) in [5.41, 5.74) is 9.01. The van der Waals surface area contributed by atoms with Crippen molar-refractivity contribution < 1.29 is 0 Å². The zero-order chi connectivity index (χ0) is 14.9. The molecule has 5 heteroatoms. The summed E-state index contributed by atoms with van der Waals surface area (Å²) in [7, 11) is 0. The highest BCUT2D eigenvalue weighted by Gasteiger charge is 2.26. The summed E-state index contributed by atoms with van der Waals surface area (Å²) in [6.45, 7) is 10.7. The van der Waals surface area contributed by atoms with E-state index in [1.54, 1.807) is 0 Å². The third kappa shape index (κ3) is 3.44. The van der Waals surface area contributed by atoms with Crippen LogP contribution in [-0.4, -0.2) is 33.6 Å². The maximum Gasteiger partial charge on any atom is 0.139 e. The van der Waals surface area contributed by atoms with Crippen LogP contribution in [0.2, 0.25) is 0 Å². The molecule has 0 amide bonds. The lowest BCUT2D eigenvalue weighted by Gasteiger charge is -2.26. The third-order valence-electron chi connectivity index (χ3n) is 3.71. The molecule has 20 heavy (non-hydrogen) atoms. The largest absolute Gasteiger partial charge is 0.389 e. The second kappa shape index (κ2) is 5.90. The molecule has 0 aromatic carbocycles. The van der Waals surface area contributed by atoms with Gasteiger partial charge in [0.1, 0.15) is 10.8 Å². The number of pyridine rings is 1. The first-order valence-corrected chi connectivity index (χ1v) is 8.36. The maximum absolute atomic E-state index is 5.92. The highest BCUT2D eigenvalue weighted by atomic mass is 32.2. The molecule has 1 aliphatic rings. The molecule has 2 rings (SSSR count). The molecule has 0 spiro atoms. The van der Waals surface area contributed by atoms with Crippen LogP contribution in [0.5, 0.6) is 0 Å². The van der Waals surface area contributed by atoms with Crippen molar-refractivity contribution in [3.63, 3.8) is 0 Å². The van der Waals surface area contributed by atoms with Crippen LogP contribution in [-0.2, 0) is 0 Å². The Morgan fingerprint density at radius 2 is 2.10 bits per heavy atom. The van der Waals surface area contributed by atoms with Gasteiger partial charge in [0.2, 0.25) is 0 Å². The van der Waals surface area contributed by atoms with E-state index in [2.05, 4.69) is 31.7 Å². The Bertz CT molecular complexity index is 526. The zero-order valence-corrected chi connectivity index (χ0v) is 14.3. The van der Waals surface area contributed by atoms with Gasteiger partial charge in [0, 0.05) is 29.3 Å². The predicted octanol–water partition coefficient (Wildman–Crippen LogP) is 3.05. The molecule has 0 aliphatic carbocycles. The fourth-order valence-corrected chi connectivity index (χ4v) is 3.93. The standard InChI is InChI=1S/C15H23N3S2/c1-10-9-11(2)17-14(12(10)13(16)19)18-6-5-15(3,4)20-8-7-18/h9H,5-8H2,1-4H3,(H2,16,19). The number of hydrogen-bond acceptors (Lipinski definition) is 4. The van der Waals surface area contributed by atoms with Gasteiger partial charge < -0.3 is 10.6 Å².